The highest BCUT2D eigenvalue weighted by Gasteiger charge is 2.37. The Kier molecular flexibility index (Phi) is 26.6. The zero-order valence-corrected chi connectivity index (χ0v) is 87.1. The summed E-state index contributed by atoms with van der Waals surface area (Å²) < 4.78 is 40.4. The lowest BCUT2D eigenvalue weighted by Gasteiger charge is -2.18. The standard InChI is InChI=1S/C38H32N3O2.C24H22N3O.C24H24N3.C22H28N3.C18H20N3/c1-21-17-22(2)19-26(18-21)37-39-41(34-24(4)20-30-28-12-8-10-14-32(28)42-35(30)25(34)5)38(40(37)6)33-23(3)15-16-29-27-11-7-9-13-31(27)43-36(29)33;1-15-12-13-19-18-10-5-6-11-20(18)28-23(19)21(15)24-26(4)25-14-27(24)22-16(2)8-7-9-17(22)3;1-17-10-8-9-13-22(17)24-26(4)25-16-27(24)23-18(2)14-21(15-19(23)3)20-11-6-5-7-12-20;1-15(2)18-12-9-13-19(16(3)4)21(18)25-14-23-24(6)22(25)20-11-8-7-10-17(20)5;1-13-8-5-6-11-16(13)18-20(4)19-12-21(18)17-14(2)9-7-10-15(17)3/h7-20H,1-6H3;5-14H,1-4H3;5-16H,1-4H3;7-16H,1-6H3;5-12H,1-4H3/q5*+1. The molecule has 0 saturated heterocycles. The molecule has 0 fully saturated rings. The first kappa shape index (κ1) is 96.3. The van der Waals surface area contributed by atoms with Gasteiger partial charge in [0.2, 0.25) is 0 Å². The van der Waals surface area contributed by atoms with Crippen LogP contribution in [0.3, 0.4) is 0 Å². The van der Waals surface area contributed by atoms with Gasteiger partial charge in [-0.25, -0.2) is 4.57 Å². The van der Waals surface area contributed by atoms with Gasteiger partial charge < -0.3 is 13.3 Å². The number of furan rings is 3. The van der Waals surface area contributed by atoms with E-state index in [0.717, 1.165) is 151 Å². The second kappa shape index (κ2) is 39.8. The monoisotopic (exact) mass is 1900 g/mol. The molecule has 0 saturated carbocycles. The van der Waals surface area contributed by atoms with Gasteiger partial charge >= 0.3 is 5.82 Å². The molecule has 144 heavy (non-hydrogen) atoms. The summed E-state index contributed by atoms with van der Waals surface area (Å²) in [6, 6.07) is 102. The van der Waals surface area contributed by atoms with Crippen LogP contribution in [-0.4, -0.2) is 48.9 Å². The Bertz CT molecular complexity index is 8750. The largest absolute Gasteiger partial charge is 0.456 e. The molecule has 18 heteroatoms. The molecule has 0 bridgehead atoms. The van der Waals surface area contributed by atoms with Crippen LogP contribution in [0.5, 0.6) is 0 Å². The molecule has 15 aromatic carbocycles. The maximum absolute atomic E-state index is 6.62. The number of fused-ring (bicyclic) bond motifs is 9. The summed E-state index contributed by atoms with van der Waals surface area (Å²) >= 11 is 0. The predicted octanol–water partition coefficient (Wildman–Crippen LogP) is 27.7. The topological polar surface area (TPSA) is 148 Å². The third kappa shape index (κ3) is 17.9. The quantitative estimate of drug-likeness (QED) is 0.0978. The molecule has 8 aromatic heterocycles. The van der Waals surface area contributed by atoms with Crippen LogP contribution in [0.25, 0.3) is 174 Å². The normalized spacial score (nSPS) is 11.5. The van der Waals surface area contributed by atoms with Crippen LogP contribution in [0.2, 0.25) is 0 Å². The average molecular weight is 1900 g/mol. The fraction of sp³-hybridized carbons (Fsp3) is 0.206. The van der Waals surface area contributed by atoms with Crippen LogP contribution in [0.15, 0.2) is 330 Å². The highest BCUT2D eigenvalue weighted by molar-refractivity contribution is 6.11. The number of aromatic nitrogens is 15. The summed E-state index contributed by atoms with van der Waals surface area (Å²) in [6.45, 7) is 41.2. The molecule has 23 rings (SSSR count). The van der Waals surface area contributed by atoms with Crippen molar-refractivity contribution in [2.24, 2.45) is 35.2 Å². The van der Waals surface area contributed by atoms with Gasteiger partial charge in [0.05, 0.1) is 73.7 Å². The molecular formula is C126H126N15O3+5. The second-order valence-electron chi connectivity index (χ2n) is 39.2. The predicted molar refractivity (Wildman–Crippen MR) is 583 cm³/mol. The van der Waals surface area contributed by atoms with E-state index in [1.54, 1.807) is 0 Å². The Morgan fingerprint density at radius 1 is 0.264 bits per heavy atom. The van der Waals surface area contributed by atoms with Crippen molar-refractivity contribution in [1.82, 2.24) is 48.9 Å². The minimum atomic E-state index is 0.450. The lowest BCUT2D eigenvalue weighted by molar-refractivity contribution is -0.649. The van der Waals surface area contributed by atoms with Crippen molar-refractivity contribution in [3.63, 3.8) is 0 Å². The molecule has 18 nitrogen and oxygen atoms in total. The smallest absolute Gasteiger partial charge is 0.309 e. The highest BCUT2D eigenvalue weighted by atomic mass is 16.3. The van der Waals surface area contributed by atoms with Crippen LogP contribution >= 0.6 is 0 Å². The van der Waals surface area contributed by atoms with Gasteiger partial charge in [-0.1, -0.05) is 268 Å². The number of nitrogens with zero attached hydrogens (tertiary/aromatic N) is 15. The number of hydrogen-bond acceptors (Lipinski definition) is 8. The van der Waals surface area contributed by atoms with E-state index in [0.29, 0.717) is 11.8 Å². The van der Waals surface area contributed by atoms with Crippen molar-refractivity contribution in [1.29, 1.82) is 0 Å². The first-order valence-corrected chi connectivity index (χ1v) is 49.6. The number of aryl methyl sites for hydroxylation is 19. The zero-order chi connectivity index (χ0) is 101. The molecule has 23 aromatic rings. The van der Waals surface area contributed by atoms with Crippen molar-refractivity contribution in [3.05, 3.63) is 411 Å². The fourth-order valence-corrected chi connectivity index (χ4v) is 21.3. The van der Waals surface area contributed by atoms with Crippen molar-refractivity contribution in [3.8, 4) is 108 Å². The van der Waals surface area contributed by atoms with Gasteiger partial charge in [-0.15, -0.1) is 18.7 Å². The highest BCUT2D eigenvalue weighted by Crippen LogP contribution is 2.44. The van der Waals surface area contributed by atoms with Crippen LogP contribution in [0.4, 0.5) is 0 Å². The Morgan fingerprint density at radius 2 is 0.611 bits per heavy atom. The summed E-state index contributed by atoms with van der Waals surface area (Å²) in [4.78, 5) is 0. The van der Waals surface area contributed by atoms with Crippen molar-refractivity contribution in [2.75, 3.05) is 0 Å². The molecule has 8 heterocycles. The van der Waals surface area contributed by atoms with E-state index in [2.05, 4.69) is 441 Å². The molecule has 0 radical (unpaired) electrons. The lowest BCUT2D eigenvalue weighted by Crippen LogP contribution is -2.35. The molecule has 718 valence electrons. The van der Waals surface area contributed by atoms with Gasteiger partial charge in [0, 0.05) is 58.3 Å². The molecule has 0 unspecified atom stereocenters. The van der Waals surface area contributed by atoms with E-state index in [1.807, 2.05) is 109 Å². The number of rotatable bonds is 14. The fourth-order valence-electron chi connectivity index (χ4n) is 21.3. The molecule has 0 aliphatic carbocycles. The van der Waals surface area contributed by atoms with Crippen LogP contribution in [-0.2, 0) is 35.2 Å². The molecule has 0 atom stereocenters. The maximum atomic E-state index is 6.62. The third-order valence-corrected chi connectivity index (χ3v) is 28.2. The molecule has 0 aliphatic heterocycles. The summed E-state index contributed by atoms with van der Waals surface area (Å²) in [5.41, 5.74) is 41.3. The first-order valence-electron chi connectivity index (χ1n) is 49.6. The van der Waals surface area contributed by atoms with Gasteiger partial charge in [0.25, 0.3) is 54.4 Å². The summed E-state index contributed by atoms with van der Waals surface area (Å²) in [7, 11) is 10.1. The van der Waals surface area contributed by atoms with Crippen molar-refractivity contribution >= 4 is 65.8 Å². The number of benzene rings is 15. The van der Waals surface area contributed by atoms with E-state index < -0.39 is 0 Å². The summed E-state index contributed by atoms with van der Waals surface area (Å²) in [5.74, 6) is 7.07. The minimum Gasteiger partial charge on any atom is -0.456 e. The van der Waals surface area contributed by atoms with Crippen LogP contribution in [0.1, 0.15) is 134 Å². The summed E-state index contributed by atoms with van der Waals surface area (Å²) in [5, 5.41) is 30.3. The van der Waals surface area contributed by atoms with Gasteiger partial charge in [0.15, 0.2) is 5.69 Å². The third-order valence-electron chi connectivity index (χ3n) is 28.2. The zero-order valence-electron chi connectivity index (χ0n) is 87.1. The summed E-state index contributed by atoms with van der Waals surface area (Å²) in [6.07, 6.45) is 7.66. The van der Waals surface area contributed by atoms with Gasteiger partial charge in [0.1, 0.15) is 56.2 Å². The maximum Gasteiger partial charge on any atom is 0.309 e. The van der Waals surface area contributed by atoms with E-state index >= 15 is 0 Å². The van der Waals surface area contributed by atoms with E-state index in [1.165, 1.54) is 117 Å². The Morgan fingerprint density at radius 3 is 1.03 bits per heavy atom. The molecule has 0 spiro atoms. The Hall–Kier alpha value is -16.6. The van der Waals surface area contributed by atoms with Crippen LogP contribution < -0.4 is 22.8 Å². The molecule has 0 aliphatic rings. The first-order chi connectivity index (χ1) is 69.4. The Labute approximate surface area is 843 Å². The minimum absolute atomic E-state index is 0.450. The average Bonchev–Trinajstić information content (AvgIpc) is 1.56. The van der Waals surface area contributed by atoms with Gasteiger partial charge in [-0.05, 0) is 271 Å². The number of para-hydroxylation sites is 6. The second-order valence-corrected chi connectivity index (χ2v) is 39.2. The van der Waals surface area contributed by atoms with Gasteiger partial charge in [-0.2, -0.15) is 18.3 Å². The molecule has 0 amide bonds. The number of hydrogen-bond donors (Lipinski definition) is 0. The SMILES string of the molecule is Cc1cc(C)cc(-c2nn(-c3c(C)cc4c(oc5ccccc54)c3C)c(-c3c(C)ccc4c3oc3ccccc34)[n+]2C)c1.Cc1cccc(C)c1-[n+]1cnn(C)c1-c1c(C)ccc2c1oc1ccccc12.Cc1ccccc1-c1n(C)nc[n+]1-c1c(C(C)C)cccc1C(C)C.Cc1ccccc1-c1n(C)nc[n+]1-c1c(C)cc(-c2ccccc2)cc1C.Cc1ccccc1-c1n(C)nc[n+]1-c1c(C)cccc1C. The van der Waals surface area contributed by atoms with Gasteiger partial charge in [-0.3, -0.25) is 0 Å². The van der Waals surface area contributed by atoms with E-state index in [-0.39, 0.29) is 0 Å². The van der Waals surface area contributed by atoms with E-state index in [9.17, 15) is 0 Å². The van der Waals surface area contributed by atoms with Crippen LogP contribution in [0, 0.1) is 104 Å². The lowest BCUT2D eigenvalue weighted by atomic mass is 9.92. The molecule has 0 N–H and O–H groups in total. The van der Waals surface area contributed by atoms with Crippen molar-refractivity contribution in [2.45, 2.75) is 143 Å². The van der Waals surface area contributed by atoms with E-state index in [4.69, 9.17) is 18.4 Å². The Balaban J connectivity index is 0.000000117. The molecular weight excluding hydrogens is 1770 g/mol. The van der Waals surface area contributed by atoms with Crippen molar-refractivity contribution < 1.29 is 36.1 Å².